The van der Waals surface area contributed by atoms with E-state index in [9.17, 15) is 0 Å². The van der Waals surface area contributed by atoms with Crippen molar-refractivity contribution in [2.45, 2.75) is 0 Å². The van der Waals surface area contributed by atoms with Crippen LogP contribution in [-0.4, -0.2) is 14.6 Å². The lowest BCUT2D eigenvalue weighted by atomic mass is 10.2. The van der Waals surface area contributed by atoms with Crippen molar-refractivity contribution < 1.29 is 0 Å². The molecule has 0 aliphatic carbocycles. The van der Waals surface area contributed by atoms with Crippen molar-refractivity contribution in [2.24, 2.45) is 0 Å². The van der Waals surface area contributed by atoms with Gasteiger partial charge in [0, 0.05) is 6.07 Å². The van der Waals surface area contributed by atoms with E-state index >= 15 is 0 Å². The highest BCUT2D eigenvalue weighted by Crippen LogP contribution is 2.13. The van der Waals surface area contributed by atoms with Gasteiger partial charge in [-0.25, -0.2) is 0 Å². The second kappa shape index (κ2) is 2.29. The van der Waals surface area contributed by atoms with E-state index in [-0.39, 0.29) is 0 Å². The van der Waals surface area contributed by atoms with Gasteiger partial charge in [-0.1, -0.05) is 18.2 Å². The second-order valence-corrected chi connectivity index (χ2v) is 2.87. The number of nitrogens with zero attached hydrogens (tertiary/aromatic N) is 3. The van der Waals surface area contributed by atoms with Crippen LogP contribution in [0, 0.1) is 6.07 Å². The quantitative estimate of drug-likeness (QED) is 0.511. The van der Waals surface area contributed by atoms with Gasteiger partial charge in [-0.2, -0.15) is 0 Å². The normalized spacial score (nSPS) is 11.1. The average molecular weight is 168 g/mol. The molecule has 13 heavy (non-hydrogen) atoms. The van der Waals surface area contributed by atoms with Gasteiger partial charge in [0.1, 0.15) is 6.33 Å². The molecule has 0 saturated carbocycles. The first-order chi connectivity index (χ1) is 6.45. The third-order valence-corrected chi connectivity index (χ3v) is 2.10. The number of hydrogen-bond donors (Lipinski definition) is 0. The van der Waals surface area contributed by atoms with Crippen molar-refractivity contribution in [3.8, 4) is 0 Å². The van der Waals surface area contributed by atoms with Crippen molar-refractivity contribution >= 4 is 16.6 Å². The molecule has 0 saturated heterocycles. The Kier molecular flexibility index (Phi) is 1.16. The predicted octanol–water partition coefficient (Wildman–Crippen LogP) is 1.68. The Morgan fingerprint density at radius 3 is 3.15 bits per heavy atom. The summed E-state index contributed by atoms with van der Waals surface area (Å²) in [5.41, 5.74) is 1.87. The van der Waals surface area contributed by atoms with Gasteiger partial charge >= 0.3 is 0 Å². The van der Waals surface area contributed by atoms with Gasteiger partial charge in [0.2, 0.25) is 0 Å². The summed E-state index contributed by atoms with van der Waals surface area (Å²) in [7, 11) is 0. The van der Waals surface area contributed by atoms with Crippen molar-refractivity contribution in [3.63, 3.8) is 0 Å². The topological polar surface area (TPSA) is 30.2 Å². The third kappa shape index (κ3) is 0.839. The van der Waals surface area contributed by atoms with Gasteiger partial charge in [-0.15, -0.1) is 10.2 Å². The molecule has 0 amide bonds. The van der Waals surface area contributed by atoms with Gasteiger partial charge in [0.25, 0.3) is 0 Å². The van der Waals surface area contributed by atoms with Gasteiger partial charge < -0.3 is 0 Å². The van der Waals surface area contributed by atoms with Gasteiger partial charge in [-0.3, -0.25) is 4.40 Å². The Hall–Kier alpha value is -1.90. The molecule has 0 unspecified atom stereocenters. The number of hydrogen-bond acceptors (Lipinski definition) is 2. The summed E-state index contributed by atoms with van der Waals surface area (Å²) in [6.45, 7) is 0. The molecule has 0 spiro atoms. The summed E-state index contributed by atoms with van der Waals surface area (Å²) < 4.78 is 1.93. The molecule has 1 radical (unpaired) electrons. The van der Waals surface area contributed by atoms with Crippen LogP contribution in [0.2, 0.25) is 0 Å². The first kappa shape index (κ1) is 6.60. The highest BCUT2D eigenvalue weighted by Gasteiger charge is 1.99. The maximum absolute atomic E-state index is 3.93. The van der Waals surface area contributed by atoms with Crippen LogP contribution >= 0.6 is 0 Å². The Morgan fingerprint density at radius 1 is 1.23 bits per heavy atom. The molecule has 1 aromatic carbocycles. The number of fused-ring (bicyclic) bond motifs is 3. The third-order valence-electron chi connectivity index (χ3n) is 2.10. The summed E-state index contributed by atoms with van der Waals surface area (Å²) in [6.07, 6.45) is 1.70. The van der Waals surface area contributed by atoms with Crippen LogP contribution in [-0.2, 0) is 0 Å². The van der Waals surface area contributed by atoms with Crippen LogP contribution in [0.25, 0.3) is 16.6 Å². The van der Waals surface area contributed by atoms with E-state index in [1.807, 2.05) is 34.7 Å². The van der Waals surface area contributed by atoms with Crippen LogP contribution in [0.15, 0.2) is 36.7 Å². The average Bonchev–Trinajstić information content (AvgIpc) is 2.65. The largest absolute Gasteiger partial charge is 0.281 e. The fraction of sp³-hybridized carbons (Fsp3) is 0. The zero-order valence-electron chi connectivity index (χ0n) is 6.81. The highest BCUT2D eigenvalue weighted by atomic mass is 15.2. The van der Waals surface area contributed by atoms with E-state index in [4.69, 9.17) is 0 Å². The number of para-hydroxylation sites is 1. The van der Waals surface area contributed by atoms with Crippen molar-refractivity contribution in [1.82, 2.24) is 14.6 Å². The molecule has 0 aliphatic rings. The second-order valence-electron chi connectivity index (χ2n) is 2.87. The molecule has 3 nitrogen and oxygen atoms in total. The van der Waals surface area contributed by atoms with E-state index < -0.39 is 0 Å². The first-order valence-electron chi connectivity index (χ1n) is 4.04. The maximum Gasteiger partial charge on any atom is 0.169 e. The van der Waals surface area contributed by atoms with Crippen molar-refractivity contribution in [3.05, 3.63) is 42.7 Å². The number of pyridine rings is 1. The molecular formula is C10H6N3. The van der Waals surface area contributed by atoms with Gasteiger partial charge in [-0.05, 0) is 17.5 Å². The molecular weight excluding hydrogens is 162 g/mol. The fourth-order valence-corrected chi connectivity index (χ4v) is 1.48. The molecule has 0 atom stereocenters. The van der Waals surface area contributed by atoms with Crippen LogP contribution < -0.4 is 0 Å². The lowest BCUT2D eigenvalue weighted by Crippen LogP contribution is -1.85. The van der Waals surface area contributed by atoms with Crippen LogP contribution in [0.3, 0.4) is 0 Å². The smallest absolute Gasteiger partial charge is 0.169 e. The van der Waals surface area contributed by atoms with Crippen molar-refractivity contribution in [2.75, 3.05) is 0 Å². The van der Waals surface area contributed by atoms with Crippen molar-refractivity contribution in [1.29, 1.82) is 0 Å². The molecule has 0 aliphatic heterocycles. The summed E-state index contributed by atoms with van der Waals surface area (Å²) in [4.78, 5) is 0. The van der Waals surface area contributed by atoms with Crippen LogP contribution in [0.1, 0.15) is 0 Å². The van der Waals surface area contributed by atoms with E-state index in [2.05, 4.69) is 16.3 Å². The van der Waals surface area contributed by atoms with Gasteiger partial charge in [0.05, 0.1) is 5.52 Å². The Labute approximate surface area is 74.6 Å². The lowest BCUT2D eigenvalue weighted by molar-refractivity contribution is 1.11. The Balaban J connectivity index is 2.65. The van der Waals surface area contributed by atoms with Crippen LogP contribution in [0.4, 0.5) is 0 Å². The van der Waals surface area contributed by atoms with E-state index in [1.54, 1.807) is 6.33 Å². The molecule has 3 heteroatoms. The van der Waals surface area contributed by atoms with Crippen LogP contribution in [0.5, 0.6) is 0 Å². The number of rotatable bonds is 0. The lowest BCUT2D eigenvalue weighted by Gasteiger charge is -1.98. The predicted molar refractivity (Wildman–Crippen MR) is 49.3 cm³/mol. The van der Waals surface area contributed by atoms with E-state index in [0.29, 0.717) is 0 Å². The molecule has 0 bridgehead atoms. The zero-order chi connectivity index (χ0) is 8.67. The fourth-order valence-electron chi connectivity index (χ4n) is 1.48. The minimum Gasteiger partial charge on any atom is -0.281 e. The maximum atomic E-state index is 3.93. The number of aromatic nitrogens is 3. The monoisotopic (exact) mass is 168 g/mol. The molecule has 2 aromatic heterocycles. The summed E-state index contributed by atoms with van der Waals surface area (Å²) in [5, 5.41) is 8.91. The van der Waals surface area contributed by atoms with E-state index in [1.165, 1.54) is 0 Å². The molecule has 3 rings (SSSR count). The molecule has 3 aromatic rings. The molecule has 2 heterocycles. The Morgan fingerprint density at radius 2 is 2.15 bits per heavy atom. The minimum absolute atomic E-state index is 0.763. The van der Waals surface area contributed by atoms with E-state index in [0.717, 1.165) is 16.6 Å². The standard InChI is InChI=1S/C10H6N3/c1-2-4-9-8(3-1)5-6-10-12-11-7-13(9)10/h1-5,7H. The minimum atomic E-state index is 0.763. The molecule has 0 N–H and O–H groups in total. The summed E-state index contributed by atoms with van der Waals surface area (Å²) in [5.74, 6) is 0. The first-order valence-corrected chi connectivity index (χ1v) is 4.04. The molecule has 61 valence electrons. The SMILES string of the molecule is [c]1cc2ccccc2n2cnnc12. The summed E-state index contributed by atoms with van der Waals surface area (Å²) >= 11 is 0. The molecule has 0 fully saturated rings. The highest BCUT2D eigenvalue weighted by molar-refractivity contribution is 5.81. The zero-order valence-corrected chi connectivity index (χ0v) is 6.81. The number of benzene rings is 1. The van der Waals surface area contributed by atoms with Gasteiger partial charge in [0.15, 0.2) is 5.65 Å². The summed E-state index contributed by atoms with van der Waals surface area (Å²) in [6, 6.07) is 13.1. The Bertz CT molecular complexity index is 568.